The van der Waals surface area contributed by atoms with Crippen LogP contribution in [0.15, 0.2) is 40.9 Å². The van der Waals surface area contributed by atoms with E-state index in [0.717, 1.165) is 20.6 Å². The molecule has 1 aliphatic heterocycles. The third-order valence-electron chi connectivity index (χ3n) is 4.87. The van der Waals surface area contributed by atoms with Crippen molar-refractivity contribution >= 4 is 56.9 Å². The van der Waals surface area contributed by atoms with Crippen molar-refractivity contribution in [3.8, 4) is 0 Å². The Morgan fingerprint density at radius 3 is 2.41 bits per heavy atom. The number of halogens is 2. The van der Waals surface area contributed by atoms with Crippen molar-refractivity contribution in [1.82, 2.24) is 10.4 Å². The van der Waals surface area contributed by atoms with E-state index in [4.69, 9.17) is 16.3 Å². The van der Waals surface area contributed by atoms with Crippen molar-refractivity contribution in [1.29, 1.82) is 0 Å². The molecule has 0 unspecified atom stereocenters. The maximum absolute atomic E-state index is 12.3. The summed E-state index contributed by atoms with van der Waals surface area (Å²) in [5.41, 5.74) is 5.31. The largest absolute Gasteiger partial charge is 0.455 e. The number of ether oxygens (including phenoxy) is 1. The summed E-state index contributed by atoms with van der Waals surface area (Å²) in [5.74, 6) is -2.86. The number of esters is 1. The van der Waals surface area contributed by atoms with Gasteiger partial charge in [-0.25, -0.2) is 0 Å². The van der Waals surface area contributed by atoms with E-state index in [0.29, 0.717) is 16.3 Å². The standard InChI is InChI=1S/C22H21BrClN3O5/c1-12-7-17(8-13(2)20(12)23)25-18(28)11-32-22(31)15-9-19(29)27(10-15)26-21(30)14-3-5-16(24)6-4-14/h3-8,15H,9-11H2,1-2H3,(H,25,28)(H,26,30)/t15-/m1/s1. The number of hydrazine groups is 1. The molecule has 0 bridgehead atoms. The number of hydrogen-bond donors (Lipinski definition) is 2. The second kappa shape index (κ2) is 10.1. The molecule has 0 radical (unpaired) electrons. The summed E-state index contributed by atoms with van der Waals surface area (Å²) in [7, 11) is 0. The predicted molar refractivity (Wildman–Crippen MR) is 122 cm³/mol. The third kappa shape index (κ3) is 5.86. The van der Waals surface area contributed by atoms with Crippen molar-refractivity contribution in [3.05, 3.63) is 62.6 Å². The first kappa shape index (κ1) is 23.7. The van der Waals surface area contributed by atoms with Gasteiger partial charge in [0.05, 0.1) is 12.5 Å². The number of rotatable bonds is 6. The monoisotopic (exact) mass is 521 g/mol. The second-order valence-corrected chi connectivity index (χ2v) is 8.66. The van der Waals surface area contributed by atoms with Crippen LogP contribution in [0, 0.1) is 19.8 Å². The van der Waals surface area contributed by atoms with Gasteiger partial charge in [-0.05, 0) is 61.4 Å². The lowest BCUT2D eigenvalue weighted by Gasteiger charge is -2.17. The van der Waals surface area contributed by atoms with Gasteiger partial charge in [-0.2, -0.15) is 0 Å². The number of carbonyl (C=O) groups is 4. The summed E-state index contributed by atoms with van der Waals surface area (Å²) >= 11 is 9.27. The van der Waals surface area contributed by atoms with E-state index in [9.17, 15) is 19.2 Å². The zero-order chi connectivity index (χ0) is 23.4. The van der Waals surface area contributed by atoms with Crippen LogP contribution in [0.1, 0.15) is 27.9 Å². The van der Waals surface area contributed by atoms with Gasteiger partial charge in [-0.3, -0.25) is 29.6 Å². The molecular weight excluding hydrogens is 502 g/mol. The first-order valence-electron chi connectivity index (χ1n) is 9.74. The minimum absolute atomic E-state index is 0.0380. The molecule has 1 heterocycles. The molecule has 3 rings (SSSR count). The Kier molecular flexibility index (Phi) is 7.52. The van der Waals surface area contributed by atoms with E-state index < -0.39 is 36.2 Å². The second-order valence-electron chi connectivity index (χ2n) is 7.43. The molecule has 3 amide bonds. The molecule has 0 aromatic heterocycles. The van der Waals surface area contributed by atoms with Crippen LogP contribution in [0.4, 0.5) is 5.69 Å². The normalized spacial score (nSPS) is 15.4. The minimum atomic E-state index is -0.780. The van der Waals surface area contributed by atoms with E-state index in [1.807, 2.05) is 13.8 Å². The van der Waals surface area contributed by atoms with Gasteiger partial charge in [0.2, 0.25) is 5.91 Å². The highest BCUT2D eigenvalue weighted by atomic mass is 79.9. The van der Waals surface area contributed by atoms with Gasteiger partial charge >= 0.3 is 5.97 Å². The average molecular weight is 523 g/mol. The van der Waals surface area contributed by atoms with Gasteiger partial charge in [0, 0.05) is 27.2 Å². The van der Waals surface area contributed by atoms with Crippen molar-refractivity contribution in [2.75, 3.05) is 18.5 Å². The van der Waals surface area contributed by atoms with E-state index in [2.05, 4.69) is 26.7 Å². The quantitative estimate of drug-likeness (QED) is 0.566. The maximum atomic E-state index is 12.3. The first-order chi connectivity index (χ1) is 15.1. The SMILES string of the molecule is Cc1cc(NC(=O)COC(=O)[C@@H]2CC(=O)N(NC(=O)c3ccc(Cl)cc3)C2)cc(C)c1Br. The van der Waals surface area contributed by atoms with Gasteiger partial charge in [-0.15, -0.1) is 0 Å². The Morgan fingerprint density at radius 2 is 1.78 bits per heavy atom. The summed E-state index contributed by atoms with van der Waals surface area (Å²) in [4.78, 5) is 48.9. The lowest BCUT2D eigenvalue weighted by Crippen LogP contribution is -2.43. The van der Waals surface area contributed by atoms with Gasteiger partial charge in [0.25, 0.3) is 11.8 Å². The van der Waals surface area contributed by atoms with Crippen LogP contribution in [0.2, 0.25) is 5.02 Å². The van der Waals surface area contributed by atoms with Gasteiger partial charge in [0.1, 0.15) is 0 Å². The minimum Gasteiger partial charge on any atom is -0.455 e. The number of aryl methyl sites for hydroxylation is 2. The number of benzene rings is 2. The average Bonchev–Trinajstić information content (AvgIpc) is 3.11. The van der Waals surface area contributed by atoms with E-state index in [1.54, 1.807) is 24.3 Å². The zero-order valence-electron chi connectivity index (χ0n) is 17.4. The molecule has 0 aliphatic carbocycles. The predicted octanol–water partition coefficient (Wildman–Crippen LogP) is 3.39. The fraction of sp³-hybridized carbons (Fsp3) is 0.273. The molecule has 0 saturated carbocycles. The van der Waals surface area contributed by atoms with Crippen LogP contribution < -0.4 is 10.7 Å². The summed E-state index contributed by atoms with van der Waals surface area (Å²) in [6, 6.07) is 9.77. The van der Waals surface area contributed by atoms with Crippen LogP contribution in [0.5, 0.6) is 0 Å². The molecule has 2 aromatic rings. The molecule has 168 valence electrons. The van der Waals surface area contributed by atoms with Crippen LogP contribution in [-0.2, 0) is 19.1 Å². The molecule has 1 fully saturated rings. The van der Waals surface area contributed by atoms with Gasteiger partial charge < -0.3 is 10.1 Å². The highest BCUT2D eigenvalue weighted by Crippen LogP contribution is 2.25. The third-order valence-corrected chi connectivity index (χ3v) is 6.37. The molecule has 10 heteroatoms. The van der Waals surface area contributed by atoms with Gasteiger partial charge in [-0.1, -0.05) is 27.5 Å². The van der Waals surface area contributed by atoms with Crippen molar-refractivity contribution in [2.24, 2.45) is 5.92 Å². The Balaban J connectivity index is 1.49. The van der Waals surface area contributed by atoms with Crippen molar-refractivity contribution < 1.29 is 23.9 Å². The zero-order valence-corrected chi connectivity index (χ0v) is 19.7. The maximum Gasteiger partial charge on any atom is 0.311 e. The highest BCUT2D eigenvalue weighted by molar-refractivity contribution is 9.10. The number of anilines is 1. The number of carbonyl (C=O) groups excluding carboxylic acids is 4. The first-order valence-corrected chi connectivity index (χ1v) is 10.9. The van der Waals surface area contributed by atoms with Crippen LogP contribution in [-0.4, -0.2) is 41.9 Å². The molecule has 0 spiro atoms. The smallest absolute Gasteiger partial charge is 0.311 e. The fourth-order valence-corrected chi connectivity index (χ4v) is 3.59. The van der Waals surface area contributed by atoms with E-state index >= 15 is 0 Å². The van der Waals surface area contributed by atoms with Crippen LogP contribution in [0.3, 0.4) is 0 Å². The Morgan fingerprint density at radius 1 is 1.16 bits per heavy atom. The Labute approximate surface area is 198 Å². The summed E-state index contributed by atoms with van der Waals surface area (Å²) in [5, 5.41) is 4.24. The number of nitrogens with zero attached hydrogens (tertiary/aromatic N) is 1. The Hall–Kier alpha value is -2.91. The molecule has 2 N–H and O–H groups in total. The fourth-order valence-electron chi connectivity index (χ4n) is 3.23. The molecule has 8 nitrogen and oxygen atoms in total. The van der Waals surface area contributed by atoms with Gasteiger partial charge in [0.15, 0.2) is 6.61 Å². The summed E-state index contributed by atoms with van der Waals surface area (Å²) in [6.07, 6.45) is -0.119. The molecule has 1 atom stereocenters. The van der Waals surface area contributed by atoms with E-state index in [-0.39, 0.29) is 13.0 Å². The topological polar surface area (TPSA) is 105 Å². The highest BCUT2D eigenvalue weighted by Gasteiger charge is 2.36. The van der Waals surface area contributed by atoms with E-state index in [1.165, 1.54) is 12.1 Å². The lowest BCUT2D eigenvalue weighted by atomic mass is 10.1. The number of nitrogens with one attached hydrogen (secondary N) is 2. The van der Waals surface area contributed by atoms with Crippen LogP contribution >= 0.6 is 27.5 Å². The van der Waals surface area contributed by atoms with Crippen molar-refractivity contribution in [3.63, 3.8) is 0 Å². The molecule has 32 heavy (non-hydrogen) atoms. The van der Waals surface area contributed by atoms with Crippen molar-refractivity contribution in [2.45, 2.75) is 20.3 Å². The number of amides is 3. The molecule has 1 saturated heterocycles. The summed E-state index contributed by atoms with van der Waals surface area (Å²) < 4.78 is 6.04. The summed E-state index contributed by atoms with van der Waals surface area (Å²) in [6.45, 7) is 3.29. The molecule has 2 aromatic carbocycles. The number of hydrogen-bond acceptors (Lipinski definition) is 5. The Bertz CT molecular complexity index is 1050. The van der Waals surface area contributed by atoms with Crippen LogP contribution in [0.25, 0.3) is 0 Å². The lowest BCUT2D eigenvalue weighted by molar-refractivity contribution is -0.151. The molecule has 1 aliphatic rings. The molecular formula is C22H21BrClN3O5.